The maximum atomic E-state index is 13.0. The molecule has 2 heterocycles. The second-order valence-corrected chi connectivity index (χ2v) is 7.63. The molecule has 4 rings (SSSR count). The van der Waals surface area contributed by atoms with E-state index in [1.54, 1.807) is 11.3 Å². The summed E-state index contributed by atoms with van der Waals surface area (Å²) in [7, 11) is 0. The third kappa shape index (κ3) is 3.33. The van der Waals surface area contributed by atoms with Gasteiger partial charge >= 0.3 is 0 Å². The quantitative estimate of drug-likeness (QED) is 0.701. The van der Waals surface area contributed by atoms with E-state index < -0.39 is 0 Å². The van der Waals surface area contributed by atoms with Crippen molar-refractivity contribution in [3.63, 3.8) is 0 Å². The number of rotatable bonds is 5. The number of carbonyl (C=O) groups is 1. The van der Waals surface area contributed by atoms with E-state index in [1.807, 2.05) is 22.2 Å². The average Bonchev–Trinajstić information content (AvgIpc) is 3.20. The van der Waals surface area contributed by atoms with Gasteiger partial charge in [-0.05, 0) is 36.8 Å². The van der Waals surface area contributed by atoms with Crippen LogP contribution in [0, 0.1) is 0 Å². The number of aromatic nitrogens is 2. The zero-order chi connectivity index (χ0) is 17.2. The fraction of sp³-hybridized carbons (Fsp3) is 0.400. The molecule has 0 unspecified atom stereocenters. The van der Waals surface area contributed by atoms with E-state index in [0.717, 1.165) is 42.9 Å². The Balaban J connectivity index is 1.50. The summed E-state index contributed by atoms with van der Waals surface area (Å²) in [6.45, 7) is 2.97. The molecule has 0 saturated carbocycles. The van der Waals surface area contributed by atoms with E-state index in [-0.39, 0.29) is 5.91 Å². The largest absolute Gasteiger partial charge is 0.339 e. The van der Waals surface area contributed by atoms with Crippen LogP contribution in [0.1, 0.15) is 36.6 Å². The number of nitrogens with zero attached hydrogens (tertiary/aromatic N) is 3. The molecule has 1 aromatic carbocycles. The van der Waals surface area contributed by atoms with Crippen LogP contribution in [0.3, 0.4) is 0 Å². The molecule has 5 heteroatoms. The third-order valence-electron chi connectivity index (χ3n) is 5.02. The molecule has 1 atom stereocenters. The monoisotopic (exact) mass is 353 g/mol. The first-order valence-electron chi connectivity index (χ1n) is 9.02. The number of aryl methyl sites for hydroxylation is 1. The SMILES string of the molecule is CCCN(C(=O)Cc1cn2ccsc2n1)[C@H]1CCc2ccccc2C1. The normalized spacial score (nSPS) is 16.8. The Kier molecular flexibility index (Phi) is 4.57. The van der Waals surface area contributed by atoms with Crippen molar-refractivity contribution in [3.8, 4) is 0 Å². The average molecular weight is 353 g/mol. The molecule has 3 aromatic rings. The number of hydrogen-bond acceptors (Lipinski definition) is 3. The summed E-state index contributed by atoms with van der Waals surface area (Å²) in [5.74, 6) is 0.206. The highest BCUT2D eigenvalue weighted by atomic mass is 32.1. The minimum atomic E-state index is 0.206. The molecule has 2 aromatic heterocycles. The molecular formula is C20H23N3OS. The summed E-state index contributed by atoms with van der Waals surface area (Å²) in [6.07, 6.45) is 8.44. The van der Waals surface area contributed by atoms with Crippen molar-refractivity contribution in [3.05, 3.63) is 58.9 Å². The highest BCUT2D eigenvalue weighted by Gasteiger charge is 2.27. The molecule has 1 aliphatic rings. The molecule has 0 bridgehead atoms. The van der Waals surface area contributed by atoms with E-state index >= 15 is 0 Å². The van der Waals surface area contributed by atoms with E-state index in [1.165, 1.54) is 11.1 Å². The first-order valence-corrected chi connectivity index (χ1v) is 9.90. The smallest absolute Gasteiger partial charge is 0.228 e. The van der Waals surface area contributed by atoms with Crippen LogP contribution in [0.25, 0.3) is 4.96 Å². The number of carbonyl (C=O) groups excluding carboxylic acids is 1. The van der Waals surface area contributed by atoms with Gasteiger partial charge in [0, 0.05) is 30.4 Å². The van der Waals surface area contributed by atoms with Crippen LogP contribution in [-0.2, 0) is 24.1 Å². The van der Waals surface area contributed by atoms with E-state index in [9.17, 15) is 4.79 Å². The lowest BCUT2D eigenvalue weighted by molar-refractivity contribution is -0.133. The lowest BCUT2D eigenvalue weighted by Gasteiger charge is -2.35. The first-order chi connectivity index (χ1) is 12.2. The summed E-state index contributed by atoms with van der Waals surface area (Å²) in [5, 5.41) is 2.01. The van der Waals surface area contributed by atoms with E-state index in [0.29, 0.717) is 12.5 Å². The van der Waals surface area contributed by atoms with Crippen LogP contribution < -0.4 is 0 Å². The number of imidazole rings is 1. The fourth-order valence-corrected chi connectivity index (χ4v) is 4.53. The van der Waals surface area contributed by atoms with Crippen molar-refractivity contribution in [1.82, 2.24) is 14.3 Å². The highest BCUT2D eigenvalue weighted by Crippen LogP contribution is 2.25. The Bertz CT molecular complexity index is 853. The maximum Gasteiger partial charge on any atom is 0.228 e. The lowest BCUT2D eigenvalue weighted by atomic mass is 9.87. The van der Waals surface area contributed by atoms with Crippen molar-refractivity contribution in [2.24, 2.45) is 0 Å². The van der Waals surface area contributed by atoms with Gasteiger partial charge in [-0.2, -0.15) is 0 Å². The molecule has 25 heavy (non-hydrogen) atoms. The van der Waals surface area contributed by atoms with Crippen molar-refractivity contribution in [2.45, 2.75) is 45.1 Å². The number of benzene rings is 1. The maximum absolute atomic E-state index is 13.0. The Morgan fingerprint density at radius 2 is 2.20 bits per heavy atom. The topological polar surface area (TPSA) is 37.6 Å². The lowest BCUT2D eigenvalue weighted by Crippen LogP contribution is -2.44. The molecular weight excluding hydrogens is 330 g/mol. The number of amides is 1. The summed E-state index contributed by atoms with van der Waals surface area (Å²) in [4.78, 5) is 20.6. The van der Waals surface area contributed by atoms with Crippen LogP contribution in [0.2, 0.25) is 0 Å². The van der Waals surface area contributed by atoms with Gasteiger partial charge in [-0.3, -0.25) is 9.20 Å². The molecule has 1 amide bonds. The van der Waals surface area contributed by atoms with Crippen molar-refractivity contribution < 1.29 is 4.79 Å². The van der Waals surface area contributed by atoms with Crippen molar-refractivity contribution in [2.75, 3.05) is 6.54 Å². The van der Waals surface area contributed by atoms with Crippen LogP contribution in [0.15, 0.2) is 42.0 Å². The van der Waals surface area contributed by atoms with Gasteiger partial charge in [0.2, 0.25) is 5.91 Å². The van der Waals surface area contributed by atoms with Gasteiger partial charge in [0.05, 0.1) is 12.1 Å². The molecule has 0 aliphatic heterocycles. The van der Waals surface area contributed by atoms with Gasteiger partial charge < -0.3 is 4.90 Å². The number of hydrogen-bond donors (Lipinski definition) is 0. The van der Waals surface area contributed by atoms with E-state index in [2.05, 4.69) is 41.1 Å². The summed E-state index contributed by atoms with van der Waals surface area (Å²) < 4.78 is 1.99. The Morgan fingerprint density at radius 1 is 1.36 bits per heavy atom. The molecule has 130 valence electrons. The van der Waals surface area contributed by atoms with E-state index in [4.69, 9.17) is 0 Å². The first kappa shape index (κ1) is 16.3. The second kappa shape index (κ2) is 7.00. The van der Waals surface area contributed by atoms with Crippen molar-refractivity contribution in [1.29, 1.82) is 0 Å². The van der Waals surface area contributed by atoms with Crippen molar-refractivity contribution >= 4 is 22.2 Å². The van der Waals surface area contributed by atoms with Gasteiger partial charge in [0.1, 0.15) is 0 Å². The van der Waals surface area contributed by atoms with Crippen LogP contribution in [0.4, 0.5) is 0 Å². The minimum Gasteiger partial charge on any atom is -0.339 e. The summed E-state index contributed by atoms with van der Waals surface area (Å²) >= 11 is 1.60. The van der Waals surface area contributed by atoms with Gasteiger partial charge in [-0.1, -0.05) is 31.2 Å². The van der Waals surface area contributed by atoms with Gasteiger partial charge in [-0.15, -0.1) is 11.3 Å². The minimum absolute atomic E-state index is 0.206. The molecule has 0 spiro atoms. The summed E-state index contributed by atoms with van der Waals surface area (Å²) in [6, 6.07) is 8.95. The second-order valence-electron chi connectivity index (χ2n) is 6.75. The van der Waals surface area contributed by atoms with Crippen LogP contribution >= 0.6 is 11.3 Å². The molecule has 0 saturated heterocycles. The molecule has 0 radical (unpaired) electrons. The third-order valence-corrected chi connectivity index (χ3v) is 5.79. The van der Waals surface area contributed by atoms with Crippen LogP contribution in [0.5, 0.6) is 0 Å². The summed E-state index contributed by atoms with van der Waals surface area (Å²) in [5.41, 5.74) is 3.71. The van der Waals surface area contributed by atoms with Crippen LogP contribution in [-0.4, -0.2) is 32.8 Å². The fourth-order valence-electron chi connectivity index (χ4n) is 3.81. The molecule has 0 N–H and O–H groups in total. The Hall–Kier alpha value is -2.14. The molecule has 0 fully saturated rings. The highest BCUT2D eigenvalue weighted by molar-refractivity contribution is 7.15. The Morgan fingerprint density at radius 3 is 3.00 bits per heavy atom. The van der Waals surface area contributed by atoms with Gasteiger partial charge in [0.15, 0.2) is 4.96 Å². The molecule has 4 nitrogen and oxygen atoms in total. The predicted molar refractivity (Wildman–Crippen MR) is 101 cm³/mol. The standard InChI is InChI=1S/C20H23N3OS/c1-2-9-23(18-8-7-15-5-3-4-6-16(15)12-18)19(24)13-17-14-22-10-11-25-20(22)21-17/h3-6,10-11,14,18H,2,7-9,12-13H2,1H3/t18-/m0/s1. The zero-order valence-electron chi connectivity index (χ0n) is 14.5. The van der Waals surface area contributed by atoms with Gasteiger partial charge in [0.25, 0.3) is 0 Å². The number of thiazole rings is 1. The number of fused-ring (bicyclic) bond motifs is 2. The predicted octanol–water partition coefficient (Wildman–Crippen LogP) is 3.73. The van der Waals surface area contributed by atoms with Gasteiger partial charge in [-0.25, -0.2) is 4.98 Å². The zero-order valence-corrected chi connectivity index (χ0v) is 15.3. The Labute approximate surface area is 152 Å². The molecule has 1 aliphatic carbocycles.